The largest absolute Gasteiger partial charge is 0.454 e. The minimum absolute atomic E-state index is 0.0977. The van der Waals surface area contributed by atoms with Crippen molar-refractivity contribution in [3.8, 4) is 11.5 Å². The van der Waals surface area contributed by atoms with Crippen LogP contribution in [0.5, 0.6) is 11.5 Å². The number of hydrogen-bond donors (Lipinski definition) is 2. The van der Waals surface area contributed by atoms with Crippen molar-refractivity contribution >= 4 is 9.84 Å². The van der Waals surface area contributed by atoms with Crippen LogP contribution in [0.1, 0.15) is 18.4 Å². The normalized spacial score (nSPS) is 25.9. The maximum atomic E-state index is 12.3. The molecule has 1 aromatic carbocycles. The van der Waals surface area contributed by atoms with Gasteiger partial charge in [0.1, 0.15) is 0 Å². The van der Waals surface area contributed by atoms with E-state index in [4.69, 9.17) is 20.9 Å². The highest BCUT2D eigenvalue weighted by Gasteiger charge is 2.68. The minimum Gasteiger partial charge on any atom is -0.454 e. The van der Waals surface area contributed by atoms with E-state index in [0.29, 0.717) is 11.5 Å². The van der Waals surface area contributed by atoms with Crippen LogP contribution < -0.4 is 20.9 Å². The van der Waals surface area contributed by atoms with Gasteiger partial charge in [-0.25, -0.2) is 8.42 Å². The van der Waals surface area contributed by atoms with Crippen LogP contribution in [0.3, 0.4) is 0 Å². The summed E-state index contributed by atoms with van der Waals surface area (Å²) in [6.45, 7) is 2.36. The molecule has 6 nitrogen and oxygen atoms in total. The summed E-state index contributed by atoms with van der Waals surface area (Å²) < 4.78 is 35.3. The molecule has 0 aromatic heterocycles. The van der Waals surface area contributed by atoms with Crippen molar-refractivity contribution in [1.82, 2.24) is 0 Å². The van der Waals surface area contributed by atoms with Gasteiger partial charge >= 0.3 is 0 Å². The average molecular weight is 312 g/mol. The third kappa shape index (κ3) is 2.03. The van der Waals surface area contributed by atoms with E-state index < -0.39 is 20.5 Å². The molecule has 2 atom stereocenters. The second-order valence-corrected chi connectivity index (χ2v) is 8.01. The van der Waals surface area contributed by atoms with Crippen LogP contribution in [-0.2, 0) is 9.84 Å². The summed E-state index contributed by atoms with van der Waals surface area (Å²) in [4.78, 5) is 0. The molecule has 1 fully saturated rings. The van der Waals surface area contributed by atoms with Gasteiger partial charge < -0.3 is 20.9 Å². The molecule has 0 amide bonds. The molecule has 0 radical (unpaired) electrons. The summed E-state index contributed by atoms with van der Waals surface area (Å²) in [6, 6.07) is 5.53. The smallest absolute Gasteiger partial charge is 0.231 e. The molecule has 0 bridgehead atoms. The molecule has 1 aliphatic heterocycles. The first-order valence-electron chi connectivity index (χ1n) is 7.01. The zero-order chi connectivity index (χ0) is 15.3. The summed E-state index contributed by atoms with van der Waals surface area (Å²) in [5.74, 6) is 1.25. The third-order valence-electron chi connectivity index (χ3n) is 4.68. The molecule has 0 unspecified atom stereocenters. The zero-order valence-electron chi connectivity index (χ0n) is 11.9. The molecule has 0 spiro atoms. The quantitative estimate of drug-likeness (QED) is 0.806. The Bertz CT molecular complexity index is 655. The minimum atomic E-state index is -3.20. The lowest BCUT2D eigenvalue weighted by atomic mass is 9.99. The highest BCUT2D eigenvalue weighted by molar-refractivity contribution is 7.92. The van der Waals surface area contributed by atoms with E-state index in [1.807, 2.05) is 18.2 Å². The molecule has 1 saturated carbocycles. The number of nitrogens with two attached hydrogens (primary N) is 2. The fourth-order valence-corrected chi connectivity index (χ4v) is 5.56. The second-order valence-electron chi connectivity index (χ2n) is 5.60. The molecule has 116 valence electrons. The van der Waals surface area contributed by atoms with Crippen molar-refractivity contribution in [3.05, 3.63) is 23.8 Å². The van der Waals surface area contributed by atoms with Crippen molar-refractivity contribution in [1.29, 1.82) is 0 Å². The molecule has 1 heterocycles. The molecule has 4 N–H and O–H groups in total. The number of benzene rings is 1. The first-order chi connectivity index (χ1) is 10.00. The monoisotopic (exact) mass is 312 g/mol. The van der Waals surface area contributed by atoms with Crippen LogP contribution >= 0.6 is 0 Å². The topological polar surface area (TPSA) is 105 Å². The van der Waals surface area contributed by atoms with Crippen molar-refractivity contribution in [2.24, 2.45) is 16.9 Å². The van der Waals surface area contributed by atoms with Crippen molar-refractivity contribution in [2.45, 2.75) is 18.1 Å². The van der Waals surface area contributed by atoms with Crippen LogP contribution in [0.4, 0.5) is 0 Å². The Hall–Kier alpha value is -1.31. The first-order valence-corrected chi connectivity index (χ1v) is 8.73. The van der Waals surface area contributed by atoms with Crippen LogP contribution in [0.25, 0.3) is 0 Å². The van der Waals surface area contributed by atoms with Gasteiger partial charge in [-0.3, -0.25) is 0 Å². The SMILES string of the molecule is CCS(=O)(=O)[C@H]1[C@@H](c2ccc3c(c2)OCO3)C1(CN)CN. The van der Waals surface area contributed by atoms with Gasteiger partial charge in [-0.1, -0.05) is 13.0 Å². The van der Waals surface area contributed by atoms with Crippen molar-refractivity contribution < 1.29 is 17.9 Å². The van der Waals surface area contributed by atoms with Crippen LogP contribution in [0.15, 0.2) is 18.2 Å². The number of fused-ring (bicyclic) bond motifs is 1. The standard InChI is InChI=1S/C14H20N2O4S/c1-2-21(17,18)13-12(14(13,6-15)7-16)9-3-4-10-11(5-9)20-8-19-10/h3-5,12-13H,2,6-8,15-16H2,1H3/t12-,13+/m1/s1. The number of hydrogen-bond acceptors (Lipinski definition) is 6. The summed E-state index contributed by atoms with van der Waals surface area (Å²) in [6.07, 6.45) is 0. The van der Waals surface area contributed by atoms with Gasteiger partial charge in [0.2, 0.25) is 6.79 Å². The first kappa shape index (κ1) is 14.6. The lowest BCUT2D eigenvalue weighted by Crippen LogP contribution is -2.31. The number of ether oxygens (including phenoxy) is 2. The molecule has 2 aliphatic rings. The van der Waals surface area contributed by atoms with Crippen LogP contribution in [0, 0.1) is 5.41 Å². The average Bonchev–Trinajstić information content (AvgIpc) is 2.98. The Morgan fingerprint density at radius 1 is 1.24 bits per heavy atom. The lowest BCUT2D eigenvalue weighted by molar-refractivity contribution is 0.174. The Labute approximate surface area is 124 Å². The molecular formula is C14H20N2O4S. The second kappa shape index (κ2) is 4.86. The van der Waals surface area contributed by atoms with E-state index in [-0.39, 0.29) is 31.6 Å². The fraction of sp³-hybridized carbons (Fsp3) is 0.571. The molecule has 7 heteroatoms. The molecule has 3 rings (SSSR count). The van der Waals surface area contributed by atoms with E-state index >= 15 is 0 Å². The summed E-state index contributed by atoms with van der Waals surface area (Å²) >= 11 is 0. The van der Waals surface area contributed by atoms with E-state index in [1.165, 1.54) is 0 Å². The van der Waals surface area contributed by atoms with E-state index in [1.54, 1.807) is 6.92 Å². The van der Waals surface area contributed by atoms with E-state index in [0.717, 1.165) is 5.56 Å². The van der Waals surface area contributed by atoms with Gasteiger partial charge in [0.05, 0.1) is 5.25 Å². The zero-order valence-corrected chi connectivity index (χ0v) is 12.7. The summed E-state index contributed by atoms with van der Waals surface area (Å²) in [5.41, 5.74) is 12.1. The lowest BCUT2D eigenvalue weighted by Gasteiger charge is -2.12. The molecule has 21 heavy (non-hydrogen) atoms. The predicted molar refractivity (Wildman–Crippen MR) is 79.1 cm³/mol. The van der Waals surface area contributed by atoms with E-state index in [2.05, 4.69) is 0 Å². The van der Waals surface area contributed by atoms with Gasteiger partial charge in [-0.2, -0.15) is 0 Å². The summed E-state index contributed by atoms with van der Waals surface area (Å²) in [7, 11) is -3.20. The Balaban J connectivity index is 2.01. The van der Waals surface area contributed by atoms with Gasteiger partial charge in [0.25, 0.3) is 0 Å². The molecular weight excluding hydrogens is 292 g/mol. The maximum Gasteiger partial charge on any atom is 0.231 e. The Morgan fingerprint density at radius 2 is 1.90 bits per heavy atom. The van der Waals surface area contributed by atoms with Crippen molar-refractivity contribution in [3.63, 3.8) is 0 Å². The summed E-state index contributed by atoms with van der Waals surface area (Å²) in [5, 5.41) is -0.509. The third-order valence-corrected chi connectivity index (χ3v) is 7.00. The van der Waals surface area contributed by atoms with Gasteiger partial charge in [0.15, 0.2) is 21.3 Å². The molecule has 1 aromatic rings. The van der Waals surface area contributed by atoms with E-state index in [9.17, 15) is 8.42 Å². The Morgan fingerprint density at radius 3 is 2.52 bits per heavy atom. The van der Waals surface area contributed by atoms with Gasteiger partial charge in [-0.15, -0.1) is 0 Å². The number of rotatable bonds is 5. The van der Waals surface area contributed by atoms with Crippen molar-refractivity contribution in [2.75, 3.05) is 25.6 Å². The highest BCUT2D eigenvalue weighted by Crippen LogP contribution is 2.62. The molecule has 0 saturated heterocycles. The predicted octanol–water partition coefficient (Wildman–Crippen LogP) is 0.220. The van der Waals surface area contributed by atoms with Crippen LogP contribution in [0.2, 0.25) is 0 Å². The van der Waals surface area contributed by atoms with Gasteiger partial charge in [0, 0.05) is 30.2 Å². The van der Waals surface area contributed by atoms with Gasteiger partial charge in [-0.05, 0) is 17.7 Å². The number of sulfone groups is 1. The van der Waals surface area contributed by atoms with Crippen LogP contribution in [-0.4, -0.2) is 39.3 Å². The maximum absolute atomic E-state index is 12.3. The molecule has 1 aliphatic carbocycles. The Kier molecular flexibility index (Phi) is 3.38. The fourth-order valence-electron chi connectivity index (χ4n) is 3.38. The highest BCUT2D eigenvalue weighted by atomic mass is 32.2.